The van der Waals surface area contributed by atoms with E-state index in [-0.39, 0.29) is 0 Å². The van der Waals surface area contributed by atoms with Crippen LogP contribution in [0.1, 0.15) is 17.4 Å². The van der Waals surface area contributed by atoms with Crippen molar-refractivity contribution in [3.8, 4) is 5.75 Å². The molecule has 0 bridgehead atoms. The van der Waals surface area contributed by atoms with Crippen LogP contribution >= 0.6 is 31.9 Å². The minimum absolute atomic E-state index is 0.532. The standard InChI is InChI=1S/C11H11Br2N3O2/c1-16-9(11(13)14-15-16)10(17)6-3-4-8(18-2)7(12)5-6/h3-5,10,17H,1-2H3. The van der Waals surface area contributed by atoms with Crippen molar-refractivity contribution >= 4 is 31.9 Å². The Morgan fingerprint density at radius 1 is 1.39 bits per heavy atom. The Balaban J connectivity index is 2.40. The van der Waals surface area contributed by atoms with Crippen molar-refractivity contribution in [1.29, 1.82) is 0 Å². The van der Waals surface area contributed by atoms with Gasteiger partial charge in [-0.3, -0.25) is 0 Å². The summed E-state index contributed by atoms with van der Waals surface area (Å²) in [6, 6.07) is 5.40. The highest BCUT2D eigenvalue weighted by Crippen LogP contribution is 2.32. The molecule has 1 N–H and O–H groups in total. The van der Waals surface area contributed by atoms with Gasteiger partial charge >= 0.3 is 0 Å². The third-order valence-corrected chi connectivity index (χ3v) is 3.76. The number of hydrogen-bond donors (Lipinski definition) is 1. The molecule has 0 fully saturated rings. The number of nitrogens with zero attached hydrogens (tertiary/aromatic N) is 3. The zero-order valence-electron chi connectivity index (χ0n) is 9.76. The first-order valence-corrected chi connectivity index (χ1v) is 6.69. The predicted molar refractivity (Wildman–Crippen MR) is 73.5 cm³/mol. The number of halogens is 2. The van der Waals surface area contributed by atoms with E-state index in [1.165, 1.54) is 4.68 Å². The van der Waals surface area contributed by atoms with Crippen LogP contribution in [-0.4, -0.2) is 27.2 Å². The average Bonchev–Trinajstić information content (AvgIpc) is 2.68. The van der Waals surface area contributed by atoms with Gasteiger partial charge in [-0.15, -0.1) is 5.10 Å². The number of aromatic nitrogens is 3. The van der Waals surface area contributed by atoms with E-state index < -0.39 is 6.10 Å². The second-order valence-electron chi connectivity index (χ2n) is 3.69. The molecule has 1 aromatic heterocycles. The normalized spacial score (nSPS) is 12.5. The summed E-state index contributed by atoms with van der Waals surface area (Å²) in [7, 11) is 3.33. The zero-order chi connectivity index (χ0) is 13.3. The van der Waals surface area contributed by atoms with Crippen LogP contribution in [0, 0.1) is 0 Å². The molecule has 0 saturated carbocycles. The van der Waals surface area contributed by atoms with Gasteiger partial charge < -0.3 is 9.84 Å². The Labute approximate surface area is 121 Å². The lowest BCUT2D eigenvalue weighted by Gasteiger charge is -2.13. The van der Waals surface area contributed by atoms with E-state index in [4.69, 9.17) is 4.74 Å². The van der Waals surface area contributed by atoms with Gasteiger partial charge in [0, 0.05) is 7.05 Å². The molecule has 18 heavy (non-hydrogen) atoms. The lowest BCUT2D eigenvalue weighted by molar-refractivity contribution is 0.209. The van der Waals surface area contributed by atoms with Gasteiger partial charge in [-0.25, -0.2) is 4.68 Å². The first-order valence-electron chi connectivity index (χ1n) is 5.11. The number of hydrogen-bond acceptors (Lipinski definition) is 4. The summed E-state index contributed by atoms with van der Waals surface area (Å²) in [4.78, 5) is 0. The summed E-state index contributed by atoms with van der Waals surface area (Å²) in [5, 5.41) is 18.0. The molecule has 1 unspecified atom stereocenters. The van der Waals surface area contributed by atoms with Crippen LogP contribution in [0.2, 0.25) is 0 Å². The molecule has 0 spiro atoms. The molecule has 5 nitrogen and oxygen atoms in total. The molecule has 0 aliphatic rings. The lowest BCUT2D eigenvalue weighted by Crippen LogP contribution is -2.07. The Bertz CT molecular complexity index is 552. The van der Waals surface area contributed by atoms with Crippen molar-refractivity contribution in [1.82, 2.24) is 15.0 Å². The number of rotatable bonds is 3. The molecule has 0 amide bonds. The highest BCUT2D eigenvalue weighted by atomic mass is 79.9. The van der Waals surface area contributed by atoms with E-state index in [1.807, 2.05) is 6.07 Å². The molecule has 0 radical (unpaired) electrons. The molecule has 2 aromatic rings. The van der Waals surface area contributed by atoms with Crippen molar-refractivity contribution < 1.29 is 9.84 Å². The number of aliphatic hydroxyl groups is 1. The largest absolute Gasteiger partial charge is 0.496 e. The van der Waals surface area contributed by atoms with Crippen molar-refractivity contribution in [2.45, 2.75) is 6.10 Å². The van der Waals surface area contributed by atoms with Gasteiger partial charge in [-0.05, 0) is 49.6 Å². The second kappa shape index (κ2) is 5.38. The maximum atomic E-state index is 10.3. The van der Waals surface area contributed by atoms with Gasteiger partial charge in [0.15, 0.2) is 4.60 Å². The van der Waals surface area contributed by atoms with Gasteiger partial charge in [-0.2, -0.15) is 0 Å². The Kier molecular flexibility index (Phi) is 4.04. The first kappa shape index (κ1) is 13.5. The highest BCUT2D eigenvalue weighted by molar-refractivity contribution is 9.10. The van der Waals surface area contributed by atoms with E-state index in [0.29, 0.717) is 16.0 Å². The fourth-order valence-electron chi connectivity index (χ4n) is 1.64. The molecular formula is C11H11Br2N3O2. The van der Waals surface area contributed by atoms with E-state index in [0.717, 1.165) is 10.0 Å². The van der Waals surface area contributed by atoms with E-state index >= 15 is 0 Å². The fourth-order valence-corrected chi connectivity index (χ4v) is 2.74. The molecule has 0 aliphatic heterocycles. The Morgan fingerprint density at radius 3 is 2.61 bits per heavy atom. The molecule has 7 heteroatoms. The quantitative estimate of drug-likeness (QED) is 0.893. The van der Waals surface area contributed by atoms with Crippen LogP contribution in [0.5, 0.6) is 5.75 Å². The molecule has 1 heterocycles. The number of methoxy groups -OCH3 is 1. The monoisotopic (exact) mass is 375 g/mol. The maximum absolute atomic E-state index is 10.3. The zero-order valence-corrected chi connectivity index (χ0v) is 12.9. The molecular weight excluding hydrogens is 366 g/mol. The van der Waals surface area contributed by atoms with Crippen LogP contribution in [-0.2, 0) is 7.05 Å². The molecule has 0 aliphatic carbocycles. The SMILES string of the molecule is COc1ccc(C(O)c2c(Br)nnn2C)cc1Br. The van der Waals surface area contributed by atoms with Crippen LogP contribution in [0.15, 0.2) is 27.3 Å². The van der Waals surface area contributed by atoms with Crippen molar-refractivity contribution in [2.24, 2.45) is 7.05 Å². The van der Waals surface area contributed by atoms with Gasteiger partial charge in [0.1, 0.15) is 17.5 Å². The van der Waals surface area contributed by atoms with Gasteiger partial charge in [0.05, 0.1) is 11.6 Å². The smallest absolute Gasteiger partial charge is 0.154 e. The van der Waals surface area contributed by atoms with E-state index in [1.54, 1.807) is 26.3 Å². The second-order valence-corrected chi connectivity index (χ2v) is 5.29. The topological polar surface area (TPSA) is 60.2 Å². The number of benzene rings is 1. The van der Waals surface area contributed by atoms with Gasteiger partial charge in [-0.1, -0.05) is 11.3 Å². The first-order chi connectivity index (χ1) is 8.54. The lowest BCUT2D eigenvalue weighted by atomic mass is 10.1. The minimum atomic E-state index is -0.804. The summed E-state index contributed by atoms with van der Waals surface area (Å²) < 4.78 is 8.00. The third-order valence-electron chi connectivity index (χ3n) is 2.58. The summed E-state index contributed by atoms with van der Waals surface area (Å²) in [5.41, 5.74) is 1.33. The minimum Gasteiger partial charge on any atom is -0.496 e. The third kappa shape index (κ3) is 2.43. The summed E-state index contributed by atoms with van der Waals surface area (Å²) in [6.07, 6.45) is -0.804. The molecule has 2 rings (SSSR count). The number of aryl methyl sites for hydroxylation is 1. The van der Waals surface area contributed by atoms with E-state index in [9.17, 15) is 5.11 Å². The molecule has 0 saturated heterocycles. The van der Waals surface area contributed by atoms with Gasteiger partial charge in [0.2, 0.25) is 0 Å². The number of aliphatic hydroxyl groups excluding tert-OH is 1. The maximum Gasteiger partial charge on any atom is 0.154 e. The van der Waals surface area contributed by atoms with Crippen molar-refractivity contribution in [3.05, 3.63) is 38.5 Å². The van der Waals surface area contributed by atoms with Crippen molar-refractivity contribution in [3.63, 3.8) is 0 Å². The summed E-state index contributed by atoms with van der Waals surface area (Å²) >= 11 is 6.66. The van der Waals surface area contributed by atoms with Crippen LogP contribution in [0.3, 0.4) is 0 Å². The van der Waals surface area contributed by atoms with Crippen LogP contribution < -0.4 is 4.74 Å². The molecule has 1 aromatic carbocycles. The summed E-state index contributed by atoms with van der Waals surface area (Å²) in [5.74, 6) is 0.716. The van der Waals surface area contributed by atoms with Gasteiger partial charge in [0.25, 0.3) is 0 Å². The van der Waals surface area contributed by atoms with Crippen molar-refractivity contribution in [2.75, 3.05) is 7.11 Å². The number of ether oxygens (including phenoxy) is 1. The van der Waals surface area contributed by atoms with Crippen LogP contribution in [0.4, 0.5) is 0 Å². The Hall–Kier alpha value is -0.920. The Morgan fingerprint density at radius 2 is 2.11 bits per heavy atom. The summed E-state index contributed by atoms with van der Waals surface area (Å²) in [6.45, 7) is 0. The fraction of sp³-hybridized carbons (Fsp3) is 0.273. The highest BCUT2D eigenvalue weighted by Gasteiger charge is 2.20. The predicted octanol–water partition coefficient (Wildman–Crippen LogP) is 2.43. The molecule has 1 atom stereocenters. The molecule has 96 valence electrons. The van der Waals surface area contributed by atoms with E-state index in [2.05, 4.69) is 42.2 Å². The average molecular weight is 377 g/mol. The van der Waals surface area contributed by atoms with Crippen LogP contribution in [0.25, 0.3) is 0 Å².